The number of piperidine rings is 1. The third-order valence-corrected chi connectivity index (χ3v) is 3.01. The lowest BCUT2D eigenvalue weighted by Crippen LogP contribution is -2.53. The molecule has 5 nitrogen and oxygen atoms in total. The summed E-state index contributed by atoms with van der Waals surface area (Å²) in [6.45, 7) is 1.95. The molecule has 0 amide bonds. The SMILES string of the molecule is CN1CCC(C(N)C(N)C(=O)O)CC1. The summed E-state index contributed by atoms with van der Waals surface area (Å²) in [5.41, 5.74) is 11.3. The number of carboxylic acids is 1. The fraction of sp³-hybridized carbons (Fsp3) is 0.889. The minimum Gasteiger partial charge on any atom is -0.480 e. The van der Waals surface area contributed by atoms with Gasteiger partial charge in [-0.25, -0.2) is 0 Å². The minimum absolute atomic E-state index is 0.247. The standard InChI is InChI=1S/C9H19N3O2/c1-12-4-2-6(3-5-12)7(10)8(11)9(13)14/h6-8H,2-5,10-11H2,1H3,(H,13,14). The van der Waals surface area contributed by atoms with E-state index < -0.39 is 18.1 Å². The fourth-order valence-corrected chi connectivity index (χ4v) is 1.87. The molecule has 0 aromatic carbocycles. The molecule has 0 bridgehead atoms. The van der Waals surface area contributed by atoms with E-state index in [0.29, 0.717) is 0 Å². The molecule has 0 aromatic rings. The lowest BCUT2D eigenvalue weighted by Gasteiger charge is -2.33. The van der Waals surface area contributed by atoms with Gasteiger partial charge in [0.25, 0.3) is 0 Å². The van der Waals surface area contributed by atoms with Crippen LogP contribution in [-0.2, 0) is 4.79 Å². The molecule has 0 spiro atoms. The Bertz CT molecular complexity index is 202. The van der Waals surface area contributed by atoms with Crippen LogP contribution in [0.3, 0.4) is 0 Å². The van der Waals surface area contributed by atoms with E-state index in [1.54, 1.807) is 0 Å². The quantitative estimate of drug-likeness (QED) is 0.548. The zero-order chi connectivity index (χ0) is 10.7. The molecule has 1 aliphatic rings. The molecule has 0 saturated carbocycles. The largest absolute Gasteiger partial charge is 0.480 e. The summed E-state index contributed by atoms with van der Waals surface area (Å²) in [4.78, 5) is 12.9. The molecule has 1 fully saturated rings. The predicted octanol–water partition coefficient (Wildman–Crippen LogP) is -0.933. The molecule has 1 heterocycles. The summed E-state index contributed by atoms with van der Waals surface area (Å²) >= 11 is 0. The zero-order valence-corrected chi connectivity index (χ0v) is 8.52. The molecule has 2 atom stereocenters. The van der Waals surface area contributed by atoms with Crippen LogP contribution in [0.1, 0.15) is 12.8 Å². The minimum atomic E-state index is -1.00. The Balaban J connectivity index is 2.45. The van der Waals surface area contributed by atoms with Gasteiger partial charge in [-0.15, -0.1) is 0 Å². The highest BCUT2D eigenvalue weighted by Gasteiger charge is 2.30. The third-order valence-electron chi connectivity index (χ3n) is 3.01. The van der Waals surface area contributed by atoms with Gasteiger partial charge in [-0.1, -0.05) is 0 Å². The van der Waals surface area contributed by atoms with Gasteiger partial charge in [0.1, 0.15) is 6.04 Å². The normalized spacial score (nSPS) is 24.5. The Labute approximate surface area is 84.0 Å². The number of likely N-dealkylation sites (tertiary alicyclic amines) is 1. The van der Waals surface area contributed by atoms with Crippen molar-refractivity contribution in [2.45, 2.75) is 24.9 Å². The summed E-state index contributed by atoms with van der Waals surface area (Å²) < 4.78 is 0. The summed E-state index contributed by atoms with van der Waals surface area (Å²) in [6.07, 6.45) is 1.89. The molecule has 82 valence electrons. The Morgan fingerprint density at radius 1 is 1.43 bits per heavy atom. The maximum atomic E-state index is 10.6. The molecule has 14 heavy (non-hydrogen) atoms. The number of nitrogens with two attached hydrogens (primary N) is 2. The molecule has 1 aliphatic heterocycles. The highest BCUT2D eigenvalue weighted by molar-refractivity contribution is 5.74. The Morgan fingerprint density at radius 2 is 1.93 bits per heavy atom. The van der Waals surface area contributed by atoms with Gasteiger partial charge in [0.15, 0.2) is 0 Å². The van der Waals surface area contributed by atoms with Gasteiger partial charge in [0.05, 0.1) is 0 Å². The van der Waals surface area contributed by atoms with Crippen molar-refractivity contribution in [1.82, 2.24) is 4.90 Å². The van der Waals surface area contributed by atoms with Crippen LogP contribution >= 0.6 is 0 Å². The number of hydrogen-bond acceptors (Lipinski definition) is 4. The van der Waals surface area contributed by atoms with Gasteiger partial charge in [0.2, 0.25) is 0 Å². The number of aliphatic carboxylic acids is 1. The number of carboxylic acid groups (broad SMARTS) is 1. The monoisotopic (exact) mass is 201 g/mol. The maximum absolute atomic E-state index is 10.6. The molecule has 5 N–H and O–H groups in total. The number of hydrogen-bond donors (Lipinski definition) is 3. The Hall–Kier alpha value is -0.650. The molecule has 5 heteroatoms. The molecule has 0 radical (unpaired) electrons. The van der Waals surface area contributed by atoms with Crippen LogP contribution < -0.4 is 11.5 Å². The van der Waals surface area contributed by atoms with E-state index in [4.69, 9.17) is 16.6 Å². The smallest absolute Gasteiger partial charge is 0.322 e. The van der Waals surface area contributed by atoms with Crippen molar-refractivity contribution >= 4 is 5.97 Å². The van der Waals surface area contributed by atoms with Crippen molar-refractivity contribution in [2.24, 2.45) is 17.4 Å². The number of nitrogens with zero attached hydrogens (tertiary/aromatic N) is 1. The summed E-state index contributed by atoms with van der Waals surface area (Å²) in [5.74, 6) is -0.756. The summed E-state index contributed by atoms with van der Waals surface area (Å²) in [7, 11) is 2.05. The summed E-state index contributed by atoms with van der Waals surface area (Å²) in [6, 6.07) is -1.34. The van der Waals surface area contributed by atoms with Gasteiger partial charge in [-0.3, -0.25) is 4.79 Å². The molecule has 2 unspecified atom stereocenters. The van der Waals surface area contributed by atoms with Gasteiger partial charge < -0.3 is 21.5 Å². The topological polar surface area (TPSA) is 92.6 Å². The van der Waals surface area contributed by atoms with Crippen LogP contribution in [0.25, 0.3) is 0 Å². The van der Waals surface area contributed by atoms with Crippen molar-refractivity contribution < 1.29 is 9.90 Å². The number of rotatable bonds is 3. The van der Waals surface area contributed by atoms with Gasteiger partial charge in [-0.05, 0) is 38.9 Å². The first-order valence-corrected chi connectivity index (χ1v) is 4.95. The first-order valence-electron chi connectivity index (χ1n) is 4.95. The van der Waals surface area contributed by atoms with E-state index in [2.05, 4.69) is 11.9 Å². The molecule has 1 saturated heterocycles. The maximum Gasteiger partial charge on any atom is 0.322 e. The van der Waals surface area contributed by atoms with Crippen LogP contribution in [0.5, 0.6) is 0 Å². The highest BCUT2D eigenvalue weighted by Crippen LogP contribution is 2.19. The first-order chi connectivity index (χ1) is 6.52. The third kappa shape index (κ3) is 2.67. The van der Waals surface area contributed by atoms with Crippen LogP contribution in [0.15, 0.2) is 0 Å². The lowest BCUT2D eigenvalue weighted by molar-refractivity contribution is -0.139. The van der Waals surface area contributed by atoms with Crippen molar-refractivity contribution in [3.8, 4) is 0 Å². The van der Waals surface area contributed by atoms with E-state index in [-0.39, 0.29) is 5.92 Å². The van der Waals surface area contributed by atoms with Crippen molar-refractivity contribution in [1.29, 1.82) is 0 Å². The van der Waals surface area contributed by atoms with E-state index >= 15 is 0 Å². The Morgan fingerprint density at radius 3 is 2.36 bits per heavy atom. The number of carbonyl (C=O) groups is 1. The van der Waals surface area contributed by atoms with Crippen molar-refractivity contribution in [3.05, 3.63) is 0 Å². The lowest BCUT2D eigenvalue weighted by atomic mass is 9.86. The zero-order valence-electron chi connectivity index (χ0n) is 8.52. The molecule has 0 aromatic heterocycles. The molecular formula is C9H19N3O2. The van der Waals surface area contributed by atoms with Crippen LogP contribution in [-0.4, -0.2) is 48.2 Å². The second-order valence-corrected chi connectivity index (χ2v) is 4.08. The van der Waals surface area contributed by atoms with Crippen LogP contribution in [0, 0.1) is 5.92 Å². The van der Waals surface area contributed by atoms with Gasteiger partial charge in [0, 0.05) is 6.04 Å². The van der Waals surface area contributed by atoms with E-state index in [9.17, 15) is 4.79 Å². The van der Waals surface area contributed by atoms with Crippen LogP contribution in [0.2, 0.25) is 0 Å². The second-order valence-electron chi connectivity index (χ2n) is 4.08. The highest BCUT2D eigenvalue weighted by atomic mass is 16.4. The van der Waals surface area contributed by atoms with Gasteiger partial charge in [-0.2, -0.15) is 0 Å². The molecule has 1 rings (SSSR count). The fourth-order valence-electron chi connectivity index (χ4n) is 1.87. The first kappa shape index (κ1) is 11.4. The predicted molar refractivity (Wildman–Crippen MR) is 53.8 cm³/mol. The molecular weight excluding hydrogens is 182 g/mol. The van der Waals surface area contributed by atoms with E-state index in [1.807, 2.05) is 0 Å². The molecule has 0 aliphatic carbocycles. The van der Waals surface area contributed by atoms with Crippen molar-refractivity contribution in [2.75, 3.05) is 20.1 Å². The van der Waals surface area contributed by atoms with Gasteiger partial charge >= 0.3 is 5.97 Å². The average molecular weight is 201 g/mol. The second kappa shape index (κ2) is 4.72. The average Bonchev–Trinajstić information content (AvgIpc) is 2.16. The summed E-state index contributed by atoms with van der Waals surface area (Å²) in [5, 5.41) is 8.72. The van der Waals surface area contributed by atoms with E-state index in [1.165, 1.54) is 0 Å². The van der Waals surface area contributed by atoms with Crippen molar-refractivity contribution in [3.63, 3.8) is 0 Å². The van der Waals surface area contributed by atoms with E-state index in [0.717, 1.165) is 25.9 Å². The Kier molecular flexibility index (Phi) is 3.86. The van der Waals surface area contributed by atoms with Crippen LogP contribution in [0.4, 0.5) is 0 Å².